The van der Waals surface area contributed by atoms with Crippen LogP contribution in [0, 0.1) is 11.8 Å². The van der Waals surface area contributed by atoms with Crippen LogP contribution in [-0.4, -0.2) is 43.4 Å². The van der Waals surface area contributed by atoms with Crippen molar-refractivity contribution >= 4 is 17.6 Å². The Labute approximate surface area is 157 Å². The van der Waals surface area contributed by atoms with E-state index in [0.717, 1.165) is 25.7 Å². The zero-order chi connectivity index (χ0) is 19.4. The molecular formula is C20H36N2O4. The lowest BCUT2D eigenvalue weighted by atomic mass is 9.86. The van der Waals surface area contributed by atoms with Crippen molar-refractivity contribution in [3.05, 3.63) is 0 Å². The number of carbonyl (C=O) groups excluding carboxylic acids is 3. The second-order valence-electron chi connectivity index (χ2n) is 7.51. The Hall–Kier alpha value is -1.43. The Kier molecular flexibility index (Phi) is 11.2. The van der Waals surface area contributed by atoms with Gasteiger partial charge in [0.15, 0.2) is 0 Å². The lowest BCUT2D eigenvalue weighted by Gasteiger charge is -2.29. The van der Waals surface area contributed by atoms with Crippen LogP contribution in [-0.2, 0) is 19.1 Å². The van der Waals surface area contributed by atoms with Crippen LogP contribution in [0.15, 0.2) is 0 Å². The number of rotatable bonds is 12. The second-order valence-corrected chi connectivity index (χ2v) is 7.51. The van der Waals surface area contributed by atoms with Gasteiger partial charge >= 0.3 is 0 Å². The number of ketones is 1. The van der Waals surface area contributed by atoms with Gasteiger partial charge in [-0.1, -0.05) is 13.8 Å². The minimum Gasteiger partial charge on any atom is -0.381 e. The molecule has 0 aromatic carbocycles. The summed E-state index contributed by atoms with van der Waals surface area (Å²) < 4.78 is 5.18. The highest BCUT2D eigenvalue weighted by Gasteiger charge is 2.22. The number of nitrogens with one attached hydrogen (secondary N) is 2. The van der Waals surface area contributed by atoms with Gasteiger partial charge in [-0.3, -0.25) is 14.4 Å². The van der Waals surface area contributed by atoms with E-state index in [0.29, 0.717) is 51.4 Å². The van der Waals surface area contributed by atoms with Crippen molar-refractivity contribution in [3.63, 3.8) is 0 Å². The molecule has 26 heavy (non-hydrogen) atoms. The van der Waals surface area contributed by atoms with Gasteiger partial charge in [0.25, 0.3) is 0 Å². The largest absolute Gasteiger partial charge is 0.381 e. The zero-order valence-electron chi connectivity index (χ0n) is 16.6. The van der Waals surface area contributed by atoms with E-state index in [4.69, 9.17) is 4.74 Å². The lowest BCUT2D eigenvalue weighted by Crippen LogP contribution is -2.39. The van der Waals surface area contributed by atoms with Crippen molar-refractivity contribution in [1.29, 1.82) is 0 Å². The monoisotopic (exact) mass is 368 g/mol. The fraction of sp³-hybridized carbons (Fsp3) is 0.850. The van der Waals surface area contributed by atoms with E-state index in [9.17, 15) is 14.4 Å². The third-order valence-corrected chi connectivity index (χ3v) is 4.95. The summed E-state index contributed by atoms with van der Waals surface area (Å²) >= 11 is 0. The Morgan fingerprint density at radius 1 is 1.00 bits per heavy atom. The summed E-state index contributed by atoms with van der Waals surface area (Å²) in [5.74, 6) is 0.858. The summed E-state index contributed by atoms with van der Waals surface area (Å²) in [7, 11) is 0. The molecular weight excluding hydrogens is 332 g/mol. The van der Waals surface area contributed by atoms with Gasteiger partial charge in [-0.25, -0.2) is 0 Å². The van der Waals surface area contributed by atoms with Crippen LogP contribution < -0.4 is 10.6 Å². The maximum absolute atomic E-state index is 12.0. The van der Waals surface area contributed by atoms with Crippen molar-refractivity contribution in [2.75, 3.05) is 19.8 Å². The molecule has 2 N–H and O–H groups in total. The van der Waals surface area contributed by atoms with Crippen molar-refractivity contribution in [2.45, 2.75) is 78.2 Å². The number of amides is 2. The SMILES string of the molecule is CCOCCC(=O)NCC1CCC(NC(=O)CCCC(=O)C(C)C)CC1. The smallest absolute Gasteiger partial charge is 0.222 e. The molecule has 2 amide bonds. The first-order chi connectivity index (χ1) is 12.4. The van der Waals surface area contributed by atoms with E-state index in [1.165, 1.54) is 0 Å². The Bertz CT molecular complexity index is 443. The van der Waals surface area contributed by atoms with Crippen molar-refractivity contribution in [3.8, 4) is 0 Å². The third kappa shape index (κ3) is 9.90. The summed E-state index contributed by atoms with van der Waals surface area (Å²) in [4.78, 5) is 35.2. The Morgan fingerprint density at radius 2 is 1.69 bits per heavy atom. The molecule has 0 radical (unpaired) electrons. The lowest BCUT2D eigenvalue weighted by molar-refractivity contribution is -0.123. The van der Waals surface area contributed by atoms with Crippen molar-refractivity contribution in [2.24, 2.45) is 11.8 Å². The second kappa shape index (κ2) is 12.8. The van der Waals surface area contributed by atoms with E-state index in [1.54, 1.807) is 0 Å². The predicted octanol–water partition coefficient (Wildman–Crippen LogP) is 2.60. The van der Waals surface area contributed by atoms with E-state index < -0.39 is 0 Å². The average molecular weight is 369 g/mol. The normalized spacial score (nSPS) is 20.0. The van der Waals surface area contributed by atoms with Crippen molar-refractivity contribution < 1.29 is 19.1 Å². The molecule has 0 unspecified atom stereocenters. The molecule has 1 fully saturated rings. The summed E-state index contributed by atoms with van der Waals surface area (Å²) in [6, 6.07) is 0.230. The molecule has 150 valence electrons. The predicted molar refractivity (Wildman–Crippen MR) is 102 cm³/mol. The molecule has 6 nitrogen and oxygen atoms in total. The summed E-state index contributed by atoms with van der Waals surface area (Å²) in [5, 5.41) is 6.06. The Balaban J connectivity index is 2.11. The van der Waals surface area contributed by atoms with Crippen LogP contribution in [0.1, 0.15) is 72.1 Å². The van der Waals surface area contributed by atoms with Crippen molar-refractivity contribution in [1.82, 2.24) is 10.6 Å². The highest BCUT2D eigenvalue weighted by molar-refractivity contribution is 5.81. The molecule has 0 atom stereocenters. The van der Waals surface area contributed by atoms with Gasteiger partial charge < -0.3 is 15.4 Å². The van der Waals surface area contributed by atoms with Crippen LogP contribution in [0.2, 0.25) is 0 Å². The summed E-state index contributed by atoms with van der Waals surface area (Å²) in [6.07, 6.45) is 5.90. The molecule has 0 spiro atoms. The molecule has 1 saturated carbocycles. The van der Waals surface area contributed by atoms with Gasteiger partial charge in [-0.2, -0.15) is 0 Å². The molecule has 0 bridgehead atoms. The molecule has 0 aromatic rings. The minimum absolute atomic E-state index is 0.0461. The molecule has 0 aliphatic heterocycles. The third-order valence-electron chi connectivity index (χ3n) is 4.95. The first kappa shape index (κ1) is 22.6. The van der Waals surface area contributed by atoms with Gasteiger partial charge in [0.1, 0.15) is 5.78 Å². The number of hydrogen-bond acceptors (Lipinski definition) is 4. The van der Waals surface area contributed by atoms with Crippen LogP contribution in [0.4, 0.5) is 0 Å². The van der Waals surface area contributed by atoms with Gasteiger partial charge in [0, 0.05) is 44.4 Å². The average Bonchev–Trinajstić information content (AvgIpc) is 2.61. The quantitative estimate of drug-likeness (QED) is 0.519. The number of carbonyl (C=O) groups is 3. The molecule has 0 saturated heterocycles. The topological polar surface area (TPSA) is 84.5 Å². The van der Waals surface area contributed by atoms with Crippen LogP contribution in [0.3, 0.4) is 0 Å². The summed E-state index contributed by atoms with van der Waals surface area (Å²) in [6.45, 7) is 7.52. The first-order valence-electron chi connectivity index (χ1n) is 10.1. The molecule has 1 aliphatic rings. The first-order valence-corrected chi connectivity index (χ1v) is 10.1. The minimum atomic E-state index is 0.0461. The van der Waals surface area contributed by atoms with E-state index >= 15 is 0 Å². The fourth-order valence-electron chi connectivity index (χ4n) is 3.18. The van der Waals surface area contributed by atoms with Gasteiger partial charge in [0.05, 0.1) is 6.61 Å². The maximum Gasteiger partial charge on any atom is 0.222 e. The van der Waals surface area contributed by atoms with Crippen LogP contribution in [0.25, 0.3) is 0 Å². The molecule has 6 heteroatoms. The van der Waals surface area contributed by atoms with E-state index in [2.05, 4.69) is 10.6 Å². The van der Waals surface area contributed by atoms with E-state index in [1.807, 2.05) is 20.8 Å². The molecule has 0 heterocycles. The molecule has 1 aliphatic carbocycles. The van der Waals surface area contributed by atoms with E-state index in [-0.39, 0.29) is 29.6 Å². The Morgan fingerprint density at radius 3 is 2.31 bits per heavy atom. The zero-order valence-corrected chi connectivity index (χ0v) is 16.6. The number of ether oxygens (including phenoxy) is 1. The molecule has 0 aromatic heterocycles. The van der Waals surface area contributed by atoms with Gasteiger partial charge in [0.2, 0.25) is 11.8 Å². The fourth-order valence-corrected chi connectivity index (χ4v) is 3.18. The van der Waals surface area contributed by atoms with Crippen LogP contribution in [0.5, 0.6) is 0 Å². The van der Waals surface area contributed by atoms with Gasteiger partial charge in [-0.05, 0) is 44.9 Å². The summed E-state index contributed by atoms with van der Waals surface area (Å²) in [5.41, 5.74) is 0. The highest BCUT2D eigenvalue weighted by atomic mass is 16.5. The maximum atomic E-state index is 12.0. The van der Waals surface area contributed by atoms with Gasteiger partial charge in [-0.15, -0.1) is 0 Å². The van der Waals surface area contributed by atoms with Crippen LogP contribution >= 0.6 is 0 Å². The number of hydrogen-bond donors (Lipinski definition) is 2. The number of Topliss-reactive ketones (excluding diaryl/α,β-unsaturated/α-hetero) is 1. The highest BCUT2D eigenvalue weighted by Crippen LogP contribution is 2.24. The standard InChI is InChI=1S/C20H36N2O4/c1-4-26-13-12-19(24)21-14-16-8-10-17(11-9-16)22-20(25)7-5-6-18(23)15(2)3/h15-17H,4-14H2,1-3H3,(H,21,24)(H,22,25). The molecule has 1 rings (SSSR count).